The van der Waals surface area contributed by atoms with E-state index in [0.29, 0.717) is 18.7 Å². The molecule has 1 amide bonds. The Balaban J connectivity index is 3.54. The predicted octanol–water partition coefficient (Wildman–Crippen LogP) is 3.39. The molecule has 0 saturated carbocycles. The molecule has 168 valence electrons. The van der Waals surface area contributed by atoms with Crippen molar-refractivity contribution in [3.05, 3.63) is 41.9 Å². The van der Waals surface area contributed by atoms with Gasteiger partial charge in [-0.1, -0.05) is 26.0 Å². The highest BCUT2D eigenvalue weighted by Gasteiger charge is 2.44. The van der Waals surface area contributed by atoms with Crippen LogP contribution in [-0.4, -0.2) is 65.8 Å². The Labute approximate surface area is 179 Å². The molecule has 1 aliphatic rings. The molecule has 0 aromatic heterocycles. The van der Waals surface area contributed by atoms with E-state index < -0.39 is 30.1 Å². The van der Waals surface area contributed by atoms with Gasteiger partial charge in [0.15, 0.2) is 0 Å². The molecule has 1 aliphatic carbocycles. The van der Waals surface area contributed by atoms with Crippen LogP contribution >= 0.6 is 0 Å². The lowest BCUT2D eigenvalue weighted by molar-refractivity contribution is -0.142. The van der Waals surface area contributed by atoms with Crippen molar-refractivity contribution < 1.29 is 19.1 Å². The van der Waals surface area contributed by atoms with Gasteiger partial charge in [-0.15, -0.1) is 18.1 Å². The van der Waals surface area contributed by atoms with E-state index >= 15 is 0 Å². The third kappa shape index (κ3) is 6.60. The number of hydrogen-bond donors (Lipinski definition) is 0. The smallest absolute Gasteiger partial charge is 0.333 e. The summed E-state index contributed by atoms with van der Waals surface area (Å²) in [6.45, 7) is 15.9. The van der Waals surface area contributed by atoms with Crippen molar-refractivity contribution in [1.29, 1.82) is 0 Å². The van der Waals surface area contributed by atoms with E-state index in [1.807, 2.05) is 18.7 Å². The van der Waals surface area contributed by atoms with E-state index in [4.69, 9.17) is 9.47 Å². The largest absolute Gasteiger partial charge is 0.463 e. The van der Waals surface area contributed by atoms with Gasteiger partial charge in [-0.25, -0.2) is 4.79 Å². The minimum absolute atomic E-state index is 0.0938. The Kier molecular flexibility index (Phi) is 11.2. The van der Waals surface area contributed by atoms with Crippen LogP contribution in [0.15, 0.2) is 42.2 Å². The van der Waals surface area contributed by atoms with Crippen molar-refractivity contribution in [3.63, 3.8) is 0 Å². The van der Waals surface area contributed by atoms with Crippen LogP contribution in [0.25, 0.3) is 0 Å². The van der Waals surface area contributed by atoms with Gasteiger partial charge < -0.3 is 9.47 Å². The summed E-state index contributed by atoms with van der Waals surface area (Å²) < 4.78 is 11.5. The monoisotopic (exact) mass is 421 g/mol. The van der Waals surface area contributed by atoms with Gasteiger partial charge >= 0.3 is 5.97 Å². The summed E-state index contributed by atoms with van der Waals surface area (Å²) in [5.74, 6) is -0.909. The summed E-state index contributed by atoms with van der Waals surface area (Å²) in [5, 5.41) is 3.94. The van der Waals surface area contributed by atoms with Crippen molar-refractivity contribution in [2.45, 2.75) is 71.2 Å². The number of nitrogens with zero attached hydrogens (tertiary/aromatic N) is 3. The van der Waals surface area contributed by atoms with Crippen LogP contribution in [0.1, 0.15) is 47.0 Å². The zero-order chi connectivity index (χ0) is 22.7. The molecule has 8 heteroatoms. The zero-order valence-corrected chi connectivity index (χ0v) is 18.6. The summed E-state index contributed by atoms with van der Waals surface area (Å²) in [7, 11) is 0. The van der Waals surface area contributed by atoms with Crippen molar-refractivity contribution in [2.24, 2.45) is 5.29 Å². The van der Waals surface area contributed by atoms with E-state index in [9.17, 15) is 14.5 Å². The molecular formula is C22H35N3O5. The molecule has 0 heterocycles. The lowest BCUT2D eigenvalue weighted by Crippen LogP contribution is -2.59. The third-order valence-corrected chi connectivity index (χ3v) is 5.21. The quantitative estimate of drug-likeness (QED) is 0.196. The van der Waals surface area contributed by atoms with Gasteiger partial charge in [0, 0.05) is 31.6 Å². The van der Waals surface area contributed by atoms with Gasteiger partial charge in [-0.2, -0.15) is 5.01 Å². The van der Waals surface area contributed by atoms with E-state index in [2.05, 4.69) is 18.4 Å². The normalized spacial score (nSPS) is 21.1. The van der Waals surface area contributed by atoms with Crippen molar-refractivity contribution in [3.8, 4) is 0 Å². The Hall–Kier alpha value is -2.32. The fourth-order valence-electron chi connectivity index (χ4n) is 3.77. The molecule has 0 aromatic carbocycles. The van der Waals surface area contributed by atoms with E-state index in [-0.39, 0.29) is 19.1 Å². The Morgan fingerprint density at radius 1 is 1.23 bits per heavy atom. The summed E-state index contributed by atoms with van der Waals surface area (Å²) >= 11 is 0. The number of amides is 1. The van der Waals surface area contributed by atoms with Crippen LogP contribution in [-0.2, 0) is 19.1 Å². The Morgan fingerprint density at radius 2 is 1.83 bits per heavy atom. The number of nitroso groups, excluding NO2 is 1. The number of rotatable bonds is 13. The predicted molar refractivity (Wildman–Crippen MR) is 116 cm³/mol. The number of esters is 1. The summed E-state index contributed by atoms with van der Waals surface area (Å²) in [4.78, 5) is 38.5. The number of carbonyl (C=O) groups is 2. The summed E-state index contributed by atoms with van der Waals surface area (Å²) in [6.07, 6.45) is 6.15. The molecule has 8 nitrogen and oxygen atoms in total. The molecule has 0 radical (unpaired) electrons. The maximum Gasteiger partial charge on any atom is 0.333 e. The first kappa shape index (κ1) is 25.7. The molecule has 0 N–H and O–H groups in total. The van der Waals surface area contributed by atoms with Gasteiger partial charge in [-0.05, 0) is 32.3 Å². The van der Waals surface area contributed by atoms with Crippen molar-refractivity contribution in [1.82, 2.24) is 9.91 Å². The standard InChI is InChI=1S/C22H35N3O5/c1-7-12-24(13-8-2)19-14-17(22(27)29-11-5)15-20(30-18(9-3)10-4)21(19)25(23-28)16(6)26/h7-8,15,18-21H,1-2,9-14H2,3-6H3/t19-,20+,21+/m0/s1. The highest BCUT2D eigenvalue weighted by molar-refractivity contribution is 5.89. The number of hydrogen-bond acceptors (Lipinski definition) is 7. The van der Waals surface area contributed by atoms with Crippen molar-refractivity contribution >= 4 is 11.9 Å². The molecule has 0 aliphatic heterocycles. The van der Waals surface area contributed by atoms with Crippen molar-refractivity contribution in [2.75, 3.05) is 19.7 Å². The molecule has 0 fully saturated rings. The minimum atomic E-state index is -0.696. The lowest BCUT2D eigenvalue weighted by Gasteiger charge is -2.44. The molecule has 0 unspecified atom stereocenters. The SMILES string of the molecule is C=CCN(CC=C)[C@H]1CC(C(=O)OCC)=C[C@@H](OC(CC)CC)[C@@H]1N(N=O)C(C)=O. The second kappa shape index (κ2) is 13.1. The van der Waals surface area contributed by atoms with Crippen LogP contribution in [0, 0.1) is 4.91 Å². The summed E-state index contributed by atoms with van der Waals surface area (Å²) in [6, 6.07) is -1.11. The molecule has 0 spiro atoms. The Morgan fingerprint density at radius 3 is 2.27 bits per heavy atom. The van der Waals surface area contributed by atoms with Crippen LogP contribution in [0.4, 0.5) is 0 Å². The lowest BCUT2D eigenvalue weighted by atomic mass is 9.85. The molecule has 3 atom stereocenters. The van der Waals surface area contributed by atoms with Crippen LogP contribution < -0.4 is 0 Å². The van der Waals surface area contributed by atoms with Crippen LogP contribution in [0.2, 0.25) is 0 Å². The van der Waals surface area contributed by atoms with Gasteiger partial charge in [-0.3, -0.25) is 9.69 Å². The summed E-state index contributed by atoms with van der Waals surface area (Å²) in [5.41, 5.74) is 0.460. The second-order valence-electron chi connectivity index (χ2n) is 7.19. The molecule has 0 aromatic rings. The maximum atomic E-state index is 12.6. The fourth-order valence-corrected chi connectivity index (χ4v) is 3.77. The first-order valence-corrected chi connectivity index (χ1v) is 10.5. The molecule has 1 rings (SSSR count). The van der Waals surface area contributed by atoms with Gasteiger partial charge in [0.25, 0.3) is 0 Å². The average Bonchev–Trinajstić information content (AvgIpc) is 2.72. The van der Waals surface area contributed by atoms with Crippen LogP contribution in [0.3, 0.4) is 0 Å². The molecule has 30 heavy (non-hydrogen) atoms. The van der Waals surface area contributed by atoms with Crippen LogP contribution in [0.5, 0.6) is 0 Å². The molecule has 0 bridgehead atoms. The van der Waals surface area contributed by atoms with Gasteiger partial charge in [0.05, 0.1) is 18.0 Å². The maximum absolute atomic E-state index is 12.6. The number of carbonyl (C=O) groups excluding carboxylic acids is 2. The minimum Gasteiger partial charge on any atom is -0.463 e. The number of ether oxygens (including phenoxy) is 2. The Bertz CT molecular complexity index is 635. The second-order valence-corrected chi connectivity index (χ2v) is 7.19. The third-order valence-electron chi connectivity index (χ3n) is 5.21. The first-order chi connectivity index (χ1) is 14.4. The topological polar surface area (TPSA) is 88.5 Å². The fraction of sp³-hybridized carbons (Fsp3) is 0.636. The van der Waals surface area contributed by atoms with E-state index in [0.717, 1.165) is 17.9 Å². The zero-order valence-electron chi connectivity index (χ0n) is 18.6. The van der Waals surface area contributed by atoms with Gasteiger partial charge in [0.2, 0.25) is 5.91 Å². The highest BCUT2D eigenvalue weighted by Crippen LogP contribution is 2.32. The van der Waals surface area contributed by atoms with E-state index in [1.165, 1.54) is 6.92 Å². The molecular weight excluding hydrogens is 386 g/mol. The molecule has 0 saturated heterocycles. The highest BCUT2D eigenvalue weighted by atomic mass is 16.5. The first-order valence-electron chi connectivity index (χ1n) is 10.5. The van der Waals surface area contributed by atoms with E-state index in [1.54, 1.807) is 25.2 Å². The van der Waals surface area contributed by atoms with Gasteiger partial charge in [0.1, 0.15) is 12.1 Å². The average molecular weight is 422 g/mol.